The van der Waals surface area contributed by atoms with Gasteiger partial charge in [-0.3, -0.25) is 0 Å². The predicted molar refractivity (Wildman–Crippen MR) is 63.9 cm³/mol. The third-order valence-corrected chi connectivity index (χ3v) is 6.59. The predicted octanol–water partition coefficient (Wildman–Crippen LogP) is 0.414. The first-order valence-electron chi connectivity index (χ1n) is 4.91. The van der Waals surface area contributed by atoms with E-state index in [1.165, 1.54) is 6.07 Å². The number of carbonyl (C=O) groups is 1. The van der Waals surface area contributed by atoms with Crippen LogP contribution in [0.5, 0.6) is 0 Å². The molecule has 0 amide bonds. The number of nitrogens with zero attached hydrogens (tertiary/aromatic N) is 1. The van der Waals surface area contributed by atoms with E-state index in [0.717, 1.165) is 15.6 Å². The summed E-state index contributed by atoms with van der Waals surface area (Å²) in [6.45, 7) is 0.233. The van der Waals surface area contributed by atoms with E-state index in [0.29, 0.717) is 16.6 Å². The lowest BCUT2D eigenvalue weighted by atomic mass is 10.2. The van der Waals surface area contributed by atoms with Crippen molar-refractivity contribution >= 4 is 43.3 Å². The quantitative estimate of drug-likeness (QED) is 0.799. The highest BCUT2D eigenvalue weighted by atomic mass is 79.9. The van der Waals surface area contributed by atoms with E-state index in [1.807, 2.05) is 0 Å². The molecule has 2 rings (SSSR count). The normalized spacial score (nSPS) is 21.8. The largest absolute Gasteiger partial charge is 0.548 e. The third kappa shape index (κ3) is 2.40. The lowest BCUT2D eigenvalue weighted by Gasteiger charge is -2.23. The second-order valence-corrected chi connectivity index (χ2v) is 8.23. The summed E-state index contributed by atoms with van der Waals surface area (Å²) in [5, 5.41) is 10.9. The average Bonchev–Trinajstić information content (AvgIpc) is 2.84. The molecule has 0 aromatic carbocycles. The van der Waals surface area contributed by atoms with Gasteiger partial charge >= 0.3 is 0 Å². The Labute approximate surface area is 111 Å². The van der Waals surface area contributed by atoms with Crippen LogP contribution in [0.1, 0.15) is 12.8 Å². The van der Waals surface area contributed by atoms with E-state index >= 15 is 0 Å². The Bertz CT molecular complexity index is 539. The molecule has 2 heterocycles. The molecule has 0 aliphatic carbocycles. The third-order valence-electron chi connectivity index (χ3n) is 2.59. The first-order valence-corrected chi connectivity index (χ1v) is 7.96. The van der Waals surface area contributed by atoms with Gasteiger partial charge in [-0.2, -0.15) is 4.31 Å². The number of rotatable bonds is 3. The zero-order valence-corrected chi connectivity index (χ0v) is 11.8. The molecule has 0 radical (unpaired) electrons. The number of hydrogen-bond donors (Lipinski definition) is 0. The summed E-state index contributed by atoms with van der Waals surface area (Å²) in [6.07, 6.45) is 0.860. The molecule has 1 atom stereocenters. The molecule has 94 valence electrons. The summed E-state index contributed by atoms with van der Waals surface area (Å²) in [6, 6.07) is 2.05. The summed E-state index contributed by atoms with van der Waals surface area (Å²) >= 11 is 4.25. The molecule has 1 saturated heterocycles. The molecule has 17 heavy (non-hydrogen) atoms. The molecule has 0 spiro atoms. The van der Waals surface area contributed by atoms with Crippen molar-refractivity contribution in [2.45, 2.75) is 23.1 Å². The van der Waals surface area contributed by atoms with Crippen LogP contribution in [0.2, 0.25) is 0 Å². The number of thiophene rings is 1. The molecule has 8 heteroatoms. The standard InChI is InChI=1S/C9H10BrNO4S2/c10-7-3-4-8(16-7)17(14,15)11-5-1-2-6(11)9(12)13/h3-4,6H,1-2,5H2,(H,12,13)/p-1/t6-/m1/s1. The Hall–Kier alpha value is -0.440. The lowest BCUT2D eigenvalue weighted by molar-refractivity contribution is -0.309. The van der Waals surface area contributed by atoms with E-state index in [-0.39, 0.29) is 10.8 Å². The molecule has 1 aromatic rings. The number of aliphatic carboxylic acids is 1. The number of hydrogen-bond acceptors (Lipinski definition) is 5. The van der Waals surface area contributed by atoms with Gasteiger partial charge in [0.25, 0.3) is 10.0 Å². The maximum absolute atomic E-state index is 12.2. The summed E-state index contributed by atoms with van der Waals surface area (Å²) < 4.78 is 26.2. The summed E-state index contributed by atoms with van der Waals surface area (Å²) in [5.74, 6) is -1.33. The summed E-state index contributed by atoms with van der Waals surface area (Å²) in [4.78, 5) is 10.9. The van der Waals surface area contributed by atoms with Crippen LogP contribution in [0.4, 0.5) is 0 Å². The first kappa shape index (κ1) is 13.0. The van der Waals surface area contributed by atoms with Crippen LogP contribution in [-0.2, 0) is 14.8 Å². The van der Waals surface area contributed by atoms with Gasteiger partial charge in [-0.05, 0) is 40.9 Å². The Morgan fingerprint density at radius 2 is 2.24 bits per heavy atom. The minimum atomic E-state index is -3.71. The maximum atomic E-state index is 12.2. The van der Waals surface area contributed by atoms with Crippen molar-refractivity contribution in [3.63, 3.8) is 0 Å². The molecule has 1 fully saturated rings. The molecule has 1 aliphatic rings. The SMILES string of the molecule is O=C([O-])[C@H]1CCCN1S(=O)(=O)c1ccc(Br)s1. The Kier molecular flexibility index (Phi) is 3.58. The minimum Gasteiger partial charge on any atom is -0.548 e. The molecule has 1 aliphatic heterocycles. The molecule has 0 unspecified atom stereocenters. The van der Waals surface area contributed by atoms with E-state index in [2.05, 4.69) is 15.9 Å². The van der Waals surface area contributed by atoms with E-state index < -0.39 is 22.0 Å². The van der Waals surface area contributed by atoms with E-state index in [4.69, 9.17) is 0 Å². The molecule has 0 bridgehead atoms. The van der Waals surface area contributed by atoms with Gasteiger partial charge in [0.2, 0.25) is 0 Å². The van der Waals surface area contributed by atoms with Gasteiger partial charge in [0, 0.05) is 6.54 Å². The van der Waals surface area contributed by atoms with Crippen molar-refractivity contribution in [3.8, 4) is 0 Å². The van der Waals surface area contributed by atoms with Gasteiger partial charge in [-0.15, -0.1) is 11.3 Å². The second kappa shape index (κ2) is 4.68. The van der Waals surface area contributed by atoms with Crippen molar-refractivity contribution in [2.75, 3.05) is 6.54 Å². The molecule has 0 saturated carbocycles. The van der Waals surface area contributed by atoms with Gasteiger partial charge in [-0.25, -0.2) is 8.42 Å². The summed E-state index contributed by atoms with van der Waals surface area (Å²) in [7, 11) is -3.71. The number of sulfonamides is 1. The van der Waals surface area contributed by atoms with Crippen LogP contribution in [-0.4, -0.2) is 31.3 Å². The fraction of sp³-hybridized carbons (Fsp3) is 0.444. The minimum absolute atomic E-state index is 0.150. The zero-order valence-electron chi connectivity index (χ0n) is 8.63. The van der Waals surface area contributed by atoms with Crippen LogP contribution in [0.25, 0.3) is 0 Å². The van der Waals surface area contributed by atoms with Crippen LogP contribution in [0.15, 0.2) is 20.1 Å². The number of carboxylic acids is 1. The van der Waals surface area contributed by atoms with Gasteiger partial charge in [0.1, 0.15) is 4.21 Å². The number of carboxylic acid groups (broad SMARTS) is 1. The summed E-state index contributed by atoms with van der Waals surface area (Å²) in [5.41, 5.74) is 0. The number of carbonyl (C=O) groups excluding carboxylic acids is 1. The molecular formula is C9H9BrNO4S2-. The van der Waals surface area contributed by atoms with Gasteiger partial charge in [0.15, 0.2) is 0 Å². The fourth-order valence-electron chi connectivity index (χ4n) is 1.82. The van der Waals surface area contributed by atoms with Gasteiger partial charge < -0.3 is 9.90 Å². The van der Waals surface area contributed by atoms with Gasteiger partial charge in [-0.1, -0.05) is 0 Å². The van der Waals surface area contributed by atoms with Crippen LogP contribution in [0.3, 0.4) is 0 Å². The molecule has 0 N–H and O–H groups in total. The molecule has 1 aromatic heterocycles. The van der Waals surface area contributed by atoms with E-state index in [1.54, 1.807) is 6.07 Å². The van der Waals surface area contributed by atoms with Crippen molar-refractivity contribution in [3.05, 3.63) is 15.9 Å². The first-order chi connectivity index (χ1) is 7.93. The lowest BCUT2D eigenvalue weighted by Crippen LogP contribution is -2.46. The highest BCUT2D eigenvalue weighted by Crippen LogP contribution is 2.32. The molecular weight excluding hydrogens is 330 g/mol. The van der Waals surface area contributed by atoms with Gasteiger partial charge in [0.05, 0.1) is 15.8 Å². The molecule has 5 nitrogen and oxygen atoms in total. The van der Waals surface area contributed by atoms with Crippen molar-refractivity contribution in [1.82, 2.24) is 4.31 Å². The topological polar surface area (TPSA) is 77.5 Å². The fourth-order valence-corrected chi connectivity index (χ4v) is 5.60. The highest BCUT2D eigenvalue weighted by molar-refractivity contribution is 9.11. The average molecular weight is 339 g/mol. The van der Waals surface area contributed by atoms with Crippen LogP contribution >= 0.6 is 27.3 Å². The van der Waals surface area contributed by atoms with Crippen LogP contribution < -0.4 is 5.11 Å². The zero-order chi connectivity index (χ0) is 12.6. The monoisotopic (exact) mass is 338 g/mol. The Morgan fingerprint density at radius 1 is 1.53 bits per heavy atom. The van der Waals surface area contributed by atoms with Crippen molar-refractivity contribution < 1.29 is 18.3 Å². The smallest absolute Gasteiger partial charge is 0.253 e. The van der Waals surface area contributed by atoms with Crippen LogP contribution in [0, 0.1) is 0 Å². The Morgan fingerprint density at radius 3 is 2.76 bits per heavy atom. The second-order valence-electron chi connectivity index (χ2n) is 3.65. The Balaban J connectivity index is 2.36. The van der Waals surface area contributed by atoms with E-state index in [9.17, 15) is 18.3 Å². The van der Waals surface area contributed by atoms with Crippen molar-refractivity contribution in [2.24, 2.45) is 0 Å². The van der Waals surface area contributed by atoms with Crippen molar-refractivity contribution in [1.29, 1.82) is 0 Å². The highest BCUT2D eigenvalue weighted by Gasteiger charge is 2.36. The maximum Gasteiger partial charge on any atom is 0.253 e. The number of halogens is 1.